The highest BCUT2D eigenvalue weighted by Gasteiger charge is 1.99. The molecule has 0 amide bonds. The molecule has 0 bridgehead atoms. The first-order valence-corrected chi connectivity index (χ1v) is 10.2. The summed E-state index contributed by atoms with van der Waals surface area (Å²) in [7, 11) is 0. The van der Waals surface area contributed by atoms with Gasteiger partial charge in [-0.1, -0.05) is 73.7 Å². The average molecular weight is 361 g/mol. The van der Waals surface area contributed by atoms with Crippen LogP contribution in [0.1, 0.15) is 64.0 Å². The molecule has 0 radical (unpaired) electrons. The molecule has 0 aliphatic carbocycles. The number of ether oxygens (including phenoxy) is 1. The van der Waals surface area contributed by atoms with Crippen LogP contribution >= 0.6 is 0 Å². The highest BCUT2D eigenvalue weighted by molar-refractivity contribution is 5.66. The molecule has 0 saturated carbocycles. The van der Waals surface area contributed by atoms with Crippen LogP contribution in [0.2, 0.25) is 0 Å². The Hall–Kier alpha value is -2.30. The van der Waals surface area contributed by atoms with Gasteiger partial charge >= 0.3 is 0 Å². The number of allylic oxidation sites excluding steroid dienone is 1. The van der Waals surface area contributed by atoms with Gasteiger partial charge in [0.05, 0.1) is 6.10 Å². The summed E-state index contributed by atoms with van der Waals surface area (Å²) in [6, 6.07) is 17.3. The van der Waals surface area contributed by atoms with E-state index >= 15 is 0 Å². The van der Waals surface area contributed by atoms with Crippen LogP contribution in [0.4, 0.5) is 0 Å². The Bertz CT molecular complexity index is 742. The second-order valence-corrected chi connectivity index (χ2v) is 6.85. The number of rotatable bonds is 9. The molecule has 2 rings (SSSR count). The van der Waals surface area contributed by atoms with Gasteiger partial charge in [0.25, 0.3) is 0 Å². The van der Waals surface area contributed by atoms with E-state index in [1.807, 2.05) is 6.92 Å². The van der Waals surface area contributed by atoms with Crippen molar-refractivity contribution in [2.24, 2.45) is 0 Å². The minimum absolute atomic E-state index is 0.338. The molecule has 0 saturated heterocycles. The van der Waals surface area contributed by atoms with Crippen LogP contribution in [-0.4, -0.2) is 12.7 Å². The molecule has 142 valence electrons. The fourth-order valence-electron chi connectivity index (χ4n) is 2.93. The van der Waals surface area contributed by atoms with Crippen molar-refractivity contribution < 1.29 is 4.74 Å². The summed E-state index contributed by atoms with van der Waals surface area (Å²) in [5.41, 5.74) is 4.81. The Morgan fingerprint density at radius 1 is 0.963 bits per heavy atom. The summed E-state index contributed by atoms with van der Waals surface area (Å²) in [5, 5.41) is 0. The van der Waals surface area contributed by atoms with Gasteiger partial charge in [-0.15, -0.1) is 0 Å². The van der Waals surface area contributed by atoms with Crippen molar-refractivity contribution in [3.05, 3.63) is 65.7 Å². The van der Waals surface area contributed by atoms with Gasteiger partial charge in [-0.3, -0.25) is 0 Å². The molecule has 0 aromatic heterocycles. The Kier molecular flexibility index (Phi) is 9.45. The van der Waals surface area contributed by atoms with E-state index in [1.165, 1.54) is 23.1 Å². The van der Waals surface area contributed by atoms with Crippen molar-refractivity contribution in [2.45, 2.75) is 59.0 Å². The van der Waals surface area contributed by atoms with E-state index in [-0.39, 0.29) is 0 Å². The second-order valence-electron chi connectivity index (χ2n) is 6.85. The topological polar surface area (TPSA) is 9.23 Å². The van der Waals surface area contributed by atoms with Crippen molar-refractivity contribution in [3.8, 4) is 23.0 Å². The van der Waals surface area contributed by atoms with E-state index in [4.69, 9.17) is 4.74 Å². The molecule has 0 aliphatic rings. The Balaban J connectivity index is 1.87. The van der Waals surface area contributed by atoms with Crippen LogP contribution < -0.4 is 0 Å². The highest BCUT2D eigenvalue weighted by atomic mass is 16.5. The maximum Gasteiger partial charge on any atom is 0.0547 e. The third-order valence-electron chi connectivity index (χ3n) is 4.49. The van der Waals surface area contributed by atoms with Gasteiger partial charge in [0, 0.05) is 18.6 Å². The minimum Gasteiger partial charge on any atom is -0.379 e. The number of hydrogen-bond acceptors (Lipinski definition) is 1. The van der Waals surface area contributed by atoms with Crippen LogP contribution in [0.25, 0.3) is 17.2 Å². The third kappa shape index (κ3) is 7.85. The predicted octanol–water partition coefficient (Wildman–Crippen LogP) is 7.11. The summed E-state index contributed by atoms with van der Waals surface area (Å²) < 4.78 is 5.54. The van der Waals surface area contributed by atoms with Crippen molar-refractivity contribution in [3.63, 3.8) is 0 Å². The lowest BCUT2D eigenvalue weighted by atomic mass is 10.0. The molecule has 1 atom stereocenters. The van der Waals surface area contributed by atoms with E-state index < -0.39 is 0 Å². The zero-order valence-corrected chi connectivity index (χ0v) is 17.0. The lowest BCUT2D eigenvalue weighted by Gasteiger charge is -2.09. The third-order valence-corrected chi connectivity index (χ3v) is 4.49. The highest BCUT2D eigenvalue weighted by Crippen LogP contribution is 2.21. The number of benzene rings is 2. The molecule has 1 nitrogen and oxygen atoms in total. The van der Waals surface area contributed by atoms with E-state index in [0.717, 1.165) is 37.9 Å². The quantitative estimate of drug-likeness (QED) is 0.342. The SMILES string of the molecule is CCC/C=C/c1ccc(-c2ccc(C#CCCCC(C)OCC)cc2)cc1. The van der Waals surface area contributed by atoms with Crippen molar-refractivity contribution in [2.75, 3.05) is 6.61 Å². The fourth-order valence-corrected chi connectivity index (χ4v) is 2.93. The van der Waals surface area contributed by atoms with Gasteiger partial charge < -0.3 is 4.74 Å². The molecule has 0 N–H and O–H groups in total. The molecular formula is C26H32O. The lowest BCUT2D eigenvalue weighted by Crippen LogP contribution is -2.06. The smallest absolute Gasteiger partial charge is 0.0547 e. The van der Waals surface area contributed by atoms with Gasteiger partial charge in [0.15, 0.2) is 0 Å². The number of hydrogen-bond donors (Lipinski definition) is 0. The summed E-state index contributed by atoms with van der Waals surface area (Å²) in [6.45, 7) is 7.16. The monoisotopic (exact) mass is 360 g/mol. The Morgan fingerprint density at radius 3 is 2.26 bits per heavy atom. The average Bonchev–Trinajstić information content (AvgIpc) is 2.69. The van der Waals surface area contributed by atoms with Gasteiger partial charge in [0.1, 0.15) is 0 Å². The van der Waals surface area contributed by atoms with Gasteiger partial charge in [-0.2, -0.15) is 0 Å². The zero-order valence-electron chi connectivity index (χ0n) is 17.0. The summed E-state index contributed by atoms with van der Waals surface area (Å²) in [5.74, 6) is 6.54. The summed E-state index contributed by atoms with van der Waals surface area (Å²) >= 11 is 0. The zero-order chi connectivity index (χ0) is 19.3. The minimum atomic E-state index is 0.338. The van der Waals surface area contributed by atoms with Crippen molar-refractivity contribution in [1.82, 2.24) is 0 Å². The predicted molar refractivity (Wildman–Crippen MR) is 118 cm³/mol. The van der Waals surface area contributed by atoms with Crippen LogP contribution in [-0.2, 0) is 4.74 Å². The van der Waals surface area contributed by atoms with Crippen LogP contribution in [0, 0.1) is 11.8 Å². The first-order valence-electron chi connectivity index (χ1n) is 10.2. The lowest BCUT2D eigenvalue weighted by molar-refractivity contribution is 0.0692. The van der Waals surface area contributed by atoms with E-state index in [2.05, 4.69) is 86.4 Å². The molecular weight excluding hydrogens is 328 g/mol. The van der Waals surface area contributed by atoms with Gasteiger partial charge in [0.2, 0.25) is 0 Å². The van der Waals surface area contributed by atoms with Crippen LogP contribution in [0.3, 0.4) is 0 Å². The molecule has 0 spiro atoms. The van der Waals surface area contributed by atoms with E-state index in [1.54, 1.807) is 0 Å². The van der Waals surface area contributed by atoms with Crippen molar-refractivity contribution in [1.29, 1.82) is 0 Å². The maximum absolute atomic E-state index is 5.54. The molecule has 2 aromatic rings. The van der Waals surface area contributed by atoms with E-state index in [0.29, 0.717) is 6.10 Å². The molecule has 27 heavy (non-hydrogen) atoms. The van der Waals surface area contributed by atoms with E-state index in [9.17, 15) is 0 Å². The van der Waals surface area contributed by atoms with Crippen LogP contribution in [0.15, 0.2) is 54.6 Å². The maximum atomic E-state index is 5.54. The fraction of sp³-hybridized carbons (Fsp3) is 0.385. The van der Waals surface area contributed by atoms with Crippen molar-refractivity contribution >= 4 is 6.08 Å². The largest absolute Gasteiger partial charge is 0.379 e. The summed E-state index contributed by atoms with van der Waals surface area (Å²) in [6.07, 6.45) is 10.2. The summed E-state index contributed by atoms with van der Waals surface area (Å²) in [4.78, 5) is 0. The second kappa shape index (κ2) is 12.2. The van der Waals surface area contributed by atoms with Gasteiger partial charge in [-0.25, -0.2) is 0 Å². The Morgan fingerprint density at radius 2 is 1.63 bits per heavy atom. The number of unbranched alkanes of at least 4 members (excludes halogenated alkanes) is 2. The standard InChI is InChI=1S/C26H32O/c1-4-6-8-12-23-14-18-25(19-15-23)26-20-16-24(17-21-26)13-10-7-9-11-22(3)27-5-2/h8,12,14-22H,4-7,9,11H2,1-3H3/b12-8+. The first kappa shape index (κ1) is 21.0. The molecule has 1 heteroatoms. The molecule has 0 aliphatic heterocycles. The van der Waals surface area contributed by atoms with Crippen LogP contribution in [0.5, 0.6) is 0 Å². The molecule has 0 heterocycles. The Labute approximate surface area is 165 Å². The molecule has 0 fully saturated rings. The first-order chi connectivity index (χ1) is 13.2. The van der Waals surface area contributed by atoms with Gasteiger partial charge in [-0.05, 0) is 61.9 Å². The molecule has 1 unspecified atom stereocenters. The normalized spacial score (nSPS) is 12.0. The molecule has 2 aromatic carbocycles.